The van der Waals surface area contributed by atoms with Crippen LogP contribution in [0.15, 0.2) is 16.8 Å². The summed E-state index contributed by atoms with van der Waals surface area (Å²) in [5.74, 6) is -2.79. The first-order valence-corrected chi connectivity index (χ1v) is 9.63. The van der Waals surface area contributed by atoms with Gasteiger partial charge in [-0.15, -0.1) is 0 Å². The fourth-order valence-corrected chi connectivity index (χ4v) is 3.07. The van der Waals surface area contributed by atoms with Crippen LogP contribution in [-0.4, -0.2) is 89.8 Å². The van der Waals surface area contributed by atoms with E-state index in [0.717, 1.165) is 19.3 Å². The van der Waals surface area contributed by atoms with Gasteiger partial charge in [0, 0.05) is 6.92 Å². The summed E-state index contributed by atoms with van der Waals surface area (Å²) >= 11 is 0. The van der Waals surface area contributed by atoms with Gasteiger partial charge in [0.15, 0.2) is 0 Å². The molecule has 27 heavy (non-hydrogen) atoms. The van der Waals surface area contributed by atoms with Crippen LogP contribution in [0.5, 0.6) is 0 Å². The lowest BCUT2D eigenvalue weighted by atomic mass is 9.92. The first-order valence-electron chi connectivity index (χ1n) is 7.73. The van der Waals surface area contributed by atoms with Gasteiger partial charge in [-0.1, -0.05) is 0 Å². The fourth-order valence-electron chi connectivity index (χ4n) is 2.48. The van der Waals surface area contributed by atoms with Gasteiger partial charge in [-0.2, -0.15) is 0 Å². The van der Waals surface area contributed by atoms with Crippen molar-refractivity contribution in [3.05, 3.63) is 11.8 Å². The third-order valence-electron chi connectivity index (χ3n) is 3.48. The predicted molar refractivity (Wildman–Crippen MR) is 92.2 cm³/mol. The molecule has 1 rings (SSSR count). The topological polar surface area (TPSA) is 195 Å². The number of carbonyl (C=O) groups excluding carboxylic acids is 1. The number of rotatable bonds is 7. The smallest absolute Gasteiger partial charge is 0.370 e. The molecule has 5 atom stereocenters. The first-order chi connectivity index (χ1) is 12.4. The van der Waals surface area contributed by atoms with E-state index in [-0.39, 0.29) is 5.84 Å². The molecule has 1 amide bonds. The van der Waals surface area contributed by atoms with E-state index in [9.17, 15) is 33.3 Å². The molecule has 0 saturated heterocycles. The summed E-state index contributed by atoms with van der Waals surface area (Å²) in [6.45, 7) is 1.62. The summed E-state index contributed by atoms with van der Waals surface area (Å²) in [5, 5.41) is 40.6. The molecular formula is C14H23N3O9S. The molecule has 13 heteroatoms. The van der Waals surface area contributed by atoms with Crippen molar-refractivity contribution in [3.8, 4) is 0 Å². The van der Waals surface area contributed by atoms with E-state index >= 15 is 0 Å². The molecule has 1 aliphatic heterocycles. The van der Waals surface area contributed by atoms with Crippen LogP contribution in [0.1, 0.15) is 13.8 Å². The molecule has 154 valence electrons. The Morgan fingerprint density at radius 2 is 1.93 bits per heavy atom. The second-order valence-electron chi connectivity index (χ2n) is 5.96. The van der Waals surface area contributed by atoms with E-state index in [1.807, 2.05) is 0 Å². The maximum atomic E-state index is 11.5. The zero-order valence-electron chi connectivity index (χ0n) is 14.9. The van der Waals surface area contributed by atoms with Crippen molar-refractivity contribution in [2.24, 2.45) is 4.99 Å². The highest BCUT2D eigenvalue weighted by Gasteiger charge is 2.43. The largest absolute Gasteiger partial charge is 0.478 e. The van der Waals surface area contributed by atoms with Crippen LogP contribution in [0.2, 0.25) is 0 Å². The SMILES string of the molecule is CC(=O)N[C@H]1[C@H]([C@H](O)[C@H](O)CO)OC(C(=O)O)=C[C@@H]1N=C(C)NS(C)(=O)=O. The predicted octanol–water partition coefficient (Wildman–Crippen LogP) is -3.09. The molecule has 0 aliphatic carbocycles. The summed E-state index contributed by atoms with van der Waals surface area (Å²) in [6, 6.07) is -2.30. The Morgan fingerprint density at radius 1 is 1.33 bits per heavy atom. The third-order valence-corrected chi connectivity index (χ3v) is 4.15. The maximum Gasteiger partial charge on any atom is 0.370 e. The summed E-state index contributed by atoms with van der Waals surface area (Å²) in [7, 11) is -3.65. The lowest BCUT2D eigenvalue weighted by molar-refractivity contribution is -0.145. The molecule has 0 aromatic carbocycles. The van der Waals surface area contributed by atoms with E-state index in [1.54, 1.807) is 0 Å². The third kappa shape index (κ3) is 6.78. The Labute approximate surface area is 155 Å². The second kappa shape index (κ2) is 9.12. The Hall–Kier alpha value is -2.22. The Morgan fingerprint density at radius 3 is 2.37 bits per heavy atom. The molecular weight excluding hydrogens is 386 g/mol. The van der Waals surface area contributed by atoms with Crippen LogP contribution in [-0.2, 0) is 24.3 Å². The summed E-state index contributed by atoms with van der Waals surface area (Å²) in [6.07, 6.45) is -3.00. The van der Waals surface area contributed by atoms with Gasteiger partial charge >= 0.3 is 5.97 Å². The molecule has 0 aromatic heterocycles. The Bertz CT molecular complexity index is 734. The number of aliphatic hydroxyl groups is 3. The van der Waals surface area contributed by atoms with Crippen LogP contribution in [0.4, 0.5) is 0 Å². The highest BCUT2D eigenvalue weighted by atomic mass is 32.2. The lowest BCUT2D eigenvalue weighted by Crippen LogP contribution is -2.59. The van der Waals surface area contributed by atoms with Crippen molar-refractivity contribution in [1.29, 1.82) is 0 Å². The number of ether oxygens (including phenoxy) is 1. The minimum atomic E-state index is -3.65. The molecule has 0 spiro atoms. The average molecular weight is 409 g/mol. The second-order valence-corrected chi connectivity index (χ2v) is 7.71. The molecule has 6 N–H and O–H groups in total. The van der Waals surface area contributed by atoms with Crippen LogP contribution in [0.3, 0.4) is 0 Å². The fraction of sp³-hybridized carbons (Fsp3) is 0.643. The van der Waals surface area contributed by atoms with Gasteiger partial charge in [0.05, 0.1) is 24.9 Å². The lowest BCUT2D eigenvalue weighted by Gasteiger charge is -2.38. The highest BCUT2D eigenvalue weighted by Crippen LogP contribution is 2.25. The van der Waals surface area contributed by atoms with Gasteiger partial charge in [0.25, 0.3) is 0 Å². The van der Waals surface area contributed by atoms with E-state index in [2.05, 4.69) is 15.0 Å². The van der Waals surface area contributed by atoms with Gasteiger partial charge in [-0.25, -0.2) is 13.2 Å². The van der Waals surface area contributed by atoms with Gasteiger partial charge in [-0.3, -0.25) is 14.5 Å². The standard InChI is InChI=1S/C14H23N3O9S/c1-6(17-27(3,24)25)15-8-4-10(14(22)23)26-13(11(8)16-7(2)19)12(21)9(20)5-18/h4,8-9,11-13,18,20-21H,5H2,1-3H3,(H,15,17)(H,16,19)(H,22,23)/t8-,9+,11+,12+,13+/m0/s1. The minimum absolute atomic E-state index is 0.100. The number of carboxylic acid groups (broad SMARTS) is 1. The number of hydrogen-bond acceptors (Lipinski definition) is 9. The average Bonchev–Trinajstić information content (AvgIpc) is 2.52. The zero-order valence-corrected chi connectivity index (χ0v) is 15.7. The van der Waals surface area contributed by atoms with Crippen molar-refractivity contribution in [3.63, 3.8) is 0 Å². The van der Waals surface area contributed by atoms with Crippen molar-refractivity contribution in [2.75, 3.05) is 12.9 Å². The van der Waals surface area contributed by atoms with E-state index in [0.29, 0.717) is 0 Å². The number of aliphatic hydroxyl groups excluding tert-OH is 3. The van der Waals surface area contributed by atoms with Gasteiger partial charge < -0.3 is 30.5 Å². The van der Waals surface area contributed by atoms with Crippen LogP contribution >= 0.6 is 0 Å². The molecule has 0 unspecified atom stereocenters. The van der Waals surface area contributed by atoms with Crippen LogP contribution in [0.25, 0.3) is 0 Å². The van der Waals surface area contributed by atoms with E-state index in [1.165, 1.54) is 6.92 Å². The summed E-state index contributed by atoms with van der Waals surface area (Å²) in [5.41, 5.74) is 0. The Balaban J connectivity index is 3.38. The van der Waals surface area contributed by atoms with Crippen molar-refractivity contribution < 1.29 is 43.2 Å². The zero-order chi connectivity index (χ0) is 20.9. The number of amides is 1. The number of carboxylic acids is 1. The quantitative estimate of drug-likeness (QED) is 0.186. The van der Waals surface area contributed by atoms with Gasteiger partial charge in [0.2, 0.25) is 21.7 Å². The molecule has 1 aliphatic rings. The number of nitrogens with one attached hydrogen (secondary N) is 2. The minimum Gasteiger partial charge on any atom is -0.478 e. The number of aliphatic imine (C=N–C) groups is 1. The number of hydrogen-bond donors (Lipinski definition) is 6. The molecule has 0 saturated carbocycles. The number of sulfonamides is 1. The normalized spacial score (nSPS) is 25.6. The molecule has 0 radical (unpaired) electrons. The highest BCUT2D eigenvalue weighted by molar-refractivity contribution is 7.89. The van der Waals surface area contributed by atoms with Gasteiger partial charge in [0.1, 0.15) is 24.1 Å². The number of amidine groups is 1. The van der Waals surface area contributed by atoms with Crippen molar-refractivity contribution >= 4 is 27.7 Å². The van der Waals surface area contributed by atoms with Crippen LogP contribution in [0, 0.1) is 0 Å². The summed E-state index contributed by atoms with van der Waals surface area (Å²) in [4.78, 5) is 26.9. The van der Waals surface area contributed by atoms with Gasteiger partial charge in [-0.05, 0) is 13.0 Å². The molecule has 1 heterocycles. The van der Waals surface area contributed by atoms with Crippen LogP contribution < -0.4 is 10.0 Å². The summed E-state index contributed by atoms with van der Waals surface area (Å²) < 4.78 is 29.9. The number of nitrogens with zero attached hydrogens (tertiary/aromatic N) is 1. The first kappa shape index (κ1) is 22.8. The monoisotopic (exact) mass is 409 g/mol. The van der Waals surface area contributed by atoms with E-state index in [4.69, 9.17) is 9.84 Å². The van der Waals surface area contributed by atoms with E-state index < -0.39 is 64.7 Å². The van der Waals surface area contributed by atoms with Crippen molar-refractivity contribution in [1.82, 2.24) is 10.0 Å². The molecule has 0 aromatic rings. The molecule has 0 fully saturated rings. The molecule has 0 bridgehead atoms. The number of carbonyl (C=O) groups is 2. The van der Waals surface area contributed by atoms with Crippen molar-refractivity contribution in [2.45, 2.75) is 44.2 Å². The Kier molecular flexibility index (Phi) is 7.71. The number of aliphatic carboxylic acids is 1. The molecule has 12 nitrogen and oxygen atoms in total. The maximum absolute atomic E-state index is 11.5.